The van der Waals surface area contributed by atoms with Crippen LogP contribution in [0.2, 0.25) is 0 Å². The number of benzene rings is 1. The molecule has 1 aliphatic heterocycles. The SMILES string of the molecule is CC(=O)OC[C@H]1OC(c2cc(C(C)C)c(O)c(C(C)C)c2)C=C[C@@H]1OC(C)=O. The van der Waals surface area contributed by atoms with Crippen LogP contribution in [-0.2, 0) is 23.8 Å². The standard InChI is InChI=1S/C22H30O6/c1-12(2)17-9-16(10-18(13(3)4)22(17)25)19-7-8-20(27-15(6)24)21(28-19)11-26-14(5)23/h7-10,12-13,19-21,25H,11H2,1-6H3/t19?,20-,21+/m0/s1. The average molecular weight is 390 g/mol. The van der Waals surface area contributed by atoms with Crippen LogP contribution in [0.4, 0.5) is 0 Å². The molecule has 1 unspecified atom stereocenters. The lowest BCUT2D eigenvalue weighted by atomic mass is 9.89. The van der Waals surface area contributed by atoms with Crippen molar-refractivity contribution in [3.8, 4) is 5.75 Å². The summed E-state index contributed by atoms with van der Waals surface area (Å²) in [4.78, 5) is 22.6. The van der Waals surface area contributed by atoms with Crippen LogP contribution < -0.4 is 0 Å². The summed E-state index contributed by atoms with van der Waals surface area (Å²) in [5, 5.41) is 10.6. The highest BCUT2D eigenvalue weighted by Crippen LogP contribution is 2.38. The van der Waals surface area contributed by atoms with Gasteiger partial charge in [-0.3, -0.25) is 9.59 Å². The summed E-state index contributed by atoms with van der Waals surface area (Å²) in [7, 11) is 0. The molecule has 28 heavy (non-hydrogen) atoms. The normalized spacial score (nSPS) is 21.8. The lowest BCUT2D eigenvalue weighted by Crippen LogP contribution is -2.39. The molecule has 0 saturated carbocycles. The first-order chi connectivity index (χ1) is 13.1. The van der Waals surface area contributed by atoms with Gasteiger partial charge in [0.2, 0.25) is 0 Å². The van der Waals surface area contributed by atoms with Crippen molar-refractivity contribution in [1.82, 2.24) is 0 Å². The largest absolute Gasteiger partial charge is 0.507 e. The summed E-state index contributed by atoms with van der Waals surface area (Å²) in [5.41, 5.74) is 2.62. The maximum Gasteiger partial charge on any atom is 0.303 e. The van der Waals surface area contributed by atoms with Crippen molar-refractivity contribution in [2.45, 2.75) is 71.7 Å². The highest BCUT2D eigenvalue weighted by molar-refractivity contribution is 5.67. The molecule has 0 saturated heterocycles. The molecule has 1 heterocycles. The molecule has 154 valence electrons. The third-order valence-electron chi connectivity index (χ3n) is 4.68. The molecular formula is C22H30O6. The summed E-state index contributed by atoms with van der Waals surface area (Å²) in [6.45, 7) is 10.7. The van der Waals surface area contributed by atoms with Crippen LogP contribution >= 0.6 is 0 Å². The van der Waals surface area contributed by atoms with Crippen molar-refractivity contribution >= 4 is 11.9 Å². The molecule has 6 nitrogen and oxygen atoms in total. The second-order valence-corrected chi connectivity index (χ2v) is 7.71. The zero-order valence-corrected chi connectivity index (χ0v) is 17.4. The summed E-state index contributed by atoms with van der Waals surface area (Å²) in [6, 6.07) is 3.88. The Morgan fingerprint density at radius 1 is 1.04 bits per heavy atom. The van der Waals surface area contributed by atoms with Gasteiger partial charge in [0, 0.05) is 13.8 Å². The number of hydrogen-bond donors (Lipinski definition) is 1. The molecule has 3 atom stereocenters. The fourth-order valence-electron chi connectivity index (χ4n) is 3.22. The van der Waals surface area contributed by atoms with E-state index in [-0.39, 0.29) is 18.4 Å². The number of esters is 2. The van der Waals surface area contributed by atoms with E-state index < -0.39 is 30.3 Å². The van der Waals surface area contributed by atoms with Crippen molar-refractivity contribution in [3.05, 3.63) is 41.0 Å². The predicted octanol–water partition coefficient (Wildman–Crippen LogP) is 4.13. The molecule has 1 N–H and O–H groups in total. The van der Waals surface area contributed by atoms with Gasteiger partial charge in [0.05, 0.1) is 0 Å². The van der Waals surface area contributed by atoms with Crippen molar-refractivity contribution in [2.75, 3.05) is 6.61 Å². The molecule has 0 radical (unpaired) electrons. The Morgan fingerprint density at radius 2 is 1.61 bits per heavy atom. The topological polar surface area (TPSA) is 82.1 Å². The molecule has 0 spiro atoms. The van der Waals surface area contributed by atoms with Gasteiger partial charge in [-0.1, -0.05) is 33.8 Å². The first-order valence-electron chi connectivity index (χ1n) is 9.61. The first kappa shape index (κ1) is 22.0. The minimum atomic E-state index is -0.626. The van der Waals surface area contributed by atoms with E-state index in [1.165, 1.54) is 13.8 Å². The van der Waals surface area contributed by atoms with Gasteiger partial charge in [-0.15, -0.1) is 0 Å². The molecule has 0 fully saturated rings. The Morgan fingerprint density at radius 3 is 2.07 bits per heavy atom. The van der Waals surface area contributed by atoms with Crippen LogP contribution in [0, 0.1) is 0 Å². The molecule has 6 heteroatoms. The Kier molecular flexibility index (Phi) is 7.24. The minimum absolute atomic E-state index is 0.0136. The zero-order valence-electron chi connectivity index (χ0n) is 17.4. The van der Waals surface area contributed by atoms with Crippen LogP contribution in [0.15, 0.2) is 24.3 Å². The van der Waals surface area contributed by atoms with E-state index >= 15 is 0 Å². The van der Waals surface area contributed by atoms with Crippen LogP contribution in [-0.4, -0.2) is 35.9 Å². The van der Waals surface area contributed by atoms with Gasteiger partial charge in [-0.2, -0.15) is 0 Å². The second-order valence-electron chi connectivity index (χ2n) is 7.71. The van der Waals surface area contributed by atoms with E-state index in [2.05, 4.69) is 0 Å². The van der Waals surface area contributed by atoms with Crippen LogP contribution in [0.3, 0.4) is 0 Å². The smallest absolute Gasteiger partial charge is 0.303 e. The number of carbonyl (C=O) groups is 2. The third kappa shape index (κ3) is 5.35. The number of aromatic hydroxyl groups is 1. The van der Waals surface area contributed by atoms with Crippen molar-refractivity contribution in [2.24, 2.45) is 0 Å². The fourth-order valence-corrected chi connectivity index (χ4v) is 3.22. The van der Waals surface area contributed by atoms with Crippen molar-refractivity contribution in [1.29, 1.82) is 0 Å². The first-order valence-corrected chi connectivity index (χ1v) is 9.61. The number of phenolic OH excluding ortho intramolecular Hbond substituents is 1. The second kappa shape index (κ2) is 9.24. The highest BCUT2D eigenvalue weighted by Gasteiger charge is 2.32. The van der Waals surface area contributed by atoms with E-state index in [4.69, 9.17) is 14.2 Å². The molecule has 0 aliphatic carbocycles. The average Bonchev–Trinajstić information content (AvgIpc) is 2.60. The van der Waals surface area contributed by atoms with E-state index in [0.717, 1.165) is 16.7 Å². The van der Waals surface area contributed by atoms with E-state index in [9.17, 15) is 14.7 Å². The number of phenols is 1. The molecule has 1 aliphatic rings. The maximum absolute atomic E-state index is 11.4. The molecule has 0 aromatic heterocycles. The van der Waals surface area contributed by atoms with Crippen LogP contribution in [0.1, 0.15) is 76.2 Å². The number of rotatable bonds is 6. The van der Waals surface area contributed by atoms with Gasteiger partial charge in [0.1, 0.15) is 30.7 Å². The van der Waals surface area contributed by atoms with Gasteiger partial charge >= 0.3 is 11.9 Å². The van der Waals surface area contributed by atoms with E-state index in [0.29, 0.717) is 5.75 Å². The Labute approximate surface area is 166 Å². The van der Waals surface area contributed by atoms with E-state index in [1.807, 2.05) is 45.9 Å². The Bertz CT molecular complexity index is 720. The quantitative estimate of drug-likeness (QED) is 0.581. The fraction of sp³-hybridized carbons (Fsp3) is 0.545. The molecule has 1 aromatic rings. The molecule has 0 bridgehead atoms. The van der Waals surface area contributed by atoms with Gasteiger partial charge in [0.25, 0.3) is 0 Å². The summed E-state index contributed by atoms with van der Waals surface area (Å²) in [5.74, 6) is -0.238. The lowest BCUT2D eigenvalue weighted by molar-refractivity contribution is -0.163. The third-order valence-corrected chi connectivity index (χ3v) is 4.68. The summed E-state index contributed by atoms with van der Waals surface area (Å²) >= 11 is 0. The number of hydrogen-bond acceptors (Lipinski definition) is 6. The Balaban J connectivity index is 2.38. The van der Waals surface area contributed by atoms with Gasteiger partial charge in [-0.05, 0) is 46.7 Å². The monoisotopic (exact) mass is 390 g/mol. The molecule has 2 rings (SSSR count). The minimum Gasteiger partial charge on any atom is -0.507 e. The van der Waals surface area contributed by atoms with Gasteiger partial charge in [-0.25, -0.2) is 0 Å². The van der Waals surface area contributed by atoms with E-state index in [1.54, 1.807) is 6.08 Å². The summed E-state index contributed by atoms with van der Waals surface area (Å²) < 4.78 is 16.5. The zero-order chi connectivity index (χ0) is 21.0. The van der Waals surface area contributed by atoms with Gasteiger partial charge in [0.15, 0.2) is 0 Å². The number of ether oxygens (including phenoxy) is 3. The van der Waals surface area contributed by atoms with Crippen LogP contribution in [0.5, 0.6) is 5.75 Å². The van der Waals surface area contributed by atoms with Crippen LogP contribution in [0.25, 0.3) is 0 Å². The summed E-state index contributed by atoms with van der Waals surface area (Å²) in [6.07, 6.45) is 1.96. The lowest BCUT2D eigenvalue weighted by Gasteiger charge is -2.32. The Hall–Kier alpha value is -2.34. The molecule has 0 amide bonds. The highest BCUT2D eigenvalue weighted by atomic mass is 16.6. The van der Waals surface area contributed by atoms with Gasteiger partial charge < -0.3 is 19.3 Å². The van der Waals surface area contributed by atoms with Crippen molar-refractivity contribution in [3.63, 3.8) is 0 Å². The molecular weight excluding hydrogens is 360 g/mol. The maximum atomic E-state index is 11.4. The predicted molar refractivity (Wildman–Crippen MR) is 105 cm³/mol. The van der Waals surface area contributed by atoms with Crippen molar-refractivity contribution < 1.29 is 28.9 Å². The molecule has 1 aromatic carbocycles. The number of carbonyl (C=O) groups excluding carboxylic acids is 2.